The largest absolute Gasteiger partial charge is 0.374 e. The van der Waals surface area contributed by atoms with Crippen molar-refractivity contribution < 1.29 is 4.74 Å². The molecule has 1 fully saturated rings. The van der Waals surface area contributed by atoms with E-state index in [1.165, 1.54) is 24.8 Å². The number of ether oxygens (including phenoxy) is 1. The zero-order valence-electron chi connectivity index (χ0n) is 12.6. The van der Waals surface area contributed by atoms with Crippen LogP contribution in [-0.4, -0.2) is 12.6 Å². The molecule has 108 valence electrons. The predicted octanol–water partition coefficient (Wildman–Crippen LogP) is 3.34. The van der Waals surface area contributed by atoms with Crippen molar-refractivity contribution in [3.05, 3.63) is 35.4 Å². The SMILES string of the molecule is CC1CC(C)CC(OCc2cccc(C#CCN)c2)C1. The predicted molar refractivity (Wildman–Crippen MR) is 83.1 cm³/mol. The number of nitrogens with two attached hydrogens (primary N) is 1. The van der Waals surface area contributed by atoms with Crippen molar-refractivity contribution in [2.75, 3.05) is 6.54 Å². The van der Waals surface area contributed by atoms with E-state index in [0.29, 0.717) is 19.3 Å². The van der Waals surface area contributed by atoms with Crippen LogP contribution in [0.3, 0.4) is 0 Å². The maximum absolute atomic E-state index is 6.10. The summed E-state index contributed by atoms with van der Waals surface area (Å²) in [5, 5.41) is 0. The lowest BCUT2D eigenvalue weighted by molar-refractivity contribution is -0.00916. The first-order valence-corrected chi connectivity index (χ1v) is 7.57. The summed E-state index contributed by atoms with van der Waals surface area (Å²) in [5.41, 5.74) is 7.61. The Morgan fingerprint density at radius 2 is 1.95 bits per heavy atom. The fourth-order valence-electron chi connectivity index (χ4n) is 3.12. The molecular weight excluding hydrogens is 246 g/mol. The zero-order valence-corrected chi connectivity index (χ0v) is 12.6. The van der Waals surface area contributed by atoms with Crippen LogP contribution in [0.15, 0.2) is 24.3 Å². The molecule has 2 N–H and O–H groups in total. The van der Waals surface area contributed by atoms with Gasteiger partial charge in [0.05, 0.1) is 19.3 Å². The van der Waals surface area contributed by atoms with E-state index in [-0.39, 0.29) is 0 Å². The van der Waals surface area contributed by atoms with E-state index in [2.05, 4.69) is 37.8 Å². The number of hydrogen-bond acceptors (Lipinski definition) is 2. The third kappa shape index (κ3) is 4.67. The topological polar surface area (TPSA) is 35.2 Å². The molecule has 0 heterocycles. The molecule has 2 rings (SSSR count). The maximum atomic E-state index is 6.10. The van der Waals surface area contributed by atoms with Crippen LogP contribution in [0.2, 0.25) is 0 Å². The van der Waals surface area contributed by atoms with Gasteiger partial charge in [0.2, 0.25) is 0 Å². The summed E-state index contributed by atoms with van der Waals surface area (Å²) in [6, 6.07) is 8.24. The van der Waals surface area contributed by atoms with Crippen LogP contribution in [-0.2, 0) is 11.3 Å². The van der Waals surface area contributed by atoms with Crippen molar-refractivity contribution in [1.29, 1.82) is 0 Å². The van der Waals surface area contributed by atoms with Crippen LogP contribution < -0.4 is 5.73 Å². The fourth-order valence-corrected chi connectivity index (χ4v) is 3.12. The molecule has 0 aromatic heterocycles. The highest BCUT2D eigenvalue weighted by Crippen LogP contribution is 2.30. The molecule has 1 aliphatic carbocycles. The van der Waals surface area contributed by atoms with Crippen LogP contribution in [0.1, 0.15) is 44.2 Å². The Bertz CT molecular complexity index is 476. The van der Waals surface area contributed by atoms with Gasteiger partial charge >= 0.3 is 0 Å². The van der Waals surface area contributed by atoms with Crippen molar-refractivity contribution in [2.24, 2.45) is 17.6 Å². The molecule has 20 heavy (non-hydrogen) atoms. The minimum atomic E-state index is 0.401. The van der Waals surface area contributed by atoms with Gasteiger partial charge < -0.3 is 10.5 Å². The van der Waals surface area contributed by atoms with Gasteiger partial charge in [-0.05, 0) is 48.8 Å². The van der Waals surface area contributed by atoms with E-state index >= 15 is 0 Å². The van der Waals surface area contributed by atoms with Crippen molar-refractivity contribution in [3.63, 3.8) is 0 Å². The lowest BCUT2D eigenvalue weighted by atomic mass is 9.82. The Balaban J connectivity index is 1.90. The van der Waals surface area contributed by atoms with Crippen molar-refractivity contribution in [3.8, 4) is 11.8 Å². The van der Waals surface area contributed by atoms with Crippen molar-refractivity contribution in [1.82, 2.24) is 0 Å². The minimum absolute atomic E-state index is 0.401. The molecule has 2 unspecified atom stereocenters. The van der Waals surface area contributed by atoms with Gasteiger partial charge in [-0.25, -0.2) is 0 Å². The number of hydrogen-bond donors (Lipinski definition) is 1. The standard InChI is InChI=1S/C18H25NO/c1-14-9-15(2)11-18(10-14)20-13-17-6-3-5-16(12-17)7-4-8-19/h3,5-6,12,14-15,18H,8-11,13,19H2,1-2H3. The highest BCUT2D eigenvalue weighted by atomic mass is 16.5. The van der Waals surface area contributed by atoms with Crippen LogP contribution in [0.25, 0.3) is 0 Å². The van der Waals surface area contributed by atoms with E-state index in [9.17, 15) is 0 Å². The van der Waals surface area contributed by atoms with Crippen molar-refractivity contribution in [2.45, 2.75) is 45.8 Å². The van der Waals surface area contributed by atoms with Crippen LogP contribution in [0, 0.1) is 23.7 Å². The van der Waals surface area contributed by atoms with Gasteiger partial charge in [0.25, 0.3) is 0 Å². The first-order chi connectivity index (χ1) is 9.67. The molecule has 1 aliphatic rings. The average molecular weight is 271 g/mol. The van der Waals surface area contributed by atoms with Gasteiger partial charge in [0.15, 0.2) is 0 Å². The summed E-state index contributed by atoms with van der Waals surface area (Å²) in [6.07, 6.45) is 4.13. The lowest BCUT2D eigenvalue weighted by Gasteiger charge is -2.31. The van der Waals surface area contributed by atoms with Crippen LogP contribution in [0.4, 0.5) is 0 Å². The van der Waals surface area contributed by atoms with Gasteiger partial charge in [-0.1, -0.05) is 37.8 Å². The molecule has 2 nitrogen and oxygen atoms in total. The van der Waals surface area contributed by atoms with E-state index in [1.807, 2.05) is 12.1 Å². The molecule has 1 aromatic carbocycles. The molecule has 2 atom stereocenters. The Kier molecular flexibility index (Phi) is 5.64. The quantitative estimate of drug-likeness (QED) is 0.856. The first-order valence-electron chi connectivity index (χ1n) is 7.57. The highest BCUT2D eigenvalue weighted by molar-refractivity contribution is 5.37. The third-order valence-corrected chi connectivity index (χ3v) is 3.88. The van der Waals surface area contributed by atoms with Gasteiger partial charge in [0, 0.05) is 5.56 Å². The van der Waals surface area contributed by atoms with Crippen LogP contribution in [0.5, 0.6) is 0 Å². The molecular formula is C18H25NO. The van der Waals surface area contributed by atoms with E-state index < -0.39 is 0 Å². The van der Waals surface area contributed by atoms with Crippen LogP contribution >= 0.6 is 0 Å². The Labute approximate surface area is 122 Å². The molecule has 0 bridgehead atoms. The Morgan fingerprint density at radius 1 is 1.20 bits per heavy atom. The summed E-state index contributed by atoms with van der Waals surface area (Å²) < 4.78 is 6.10. The van der Waals surface area contributed by atoms with E-state index in [4.69, 9.17) is 10.5 Å². The second-order valence-electron chi connectivity index (χ2n) is 6.06. The molecule has 0 spiro atoms. The summed E-state index contributed by atoms with van der Waals surface area (Å²) in [5.74, 6) is 7.52. The Hall–Kier alpha value is -1.30. The van der Waals surface area contributed by atoms with Gasteiger partial charge in [0.1, 0.15) is 0 Å². The molecule has 1 aromatic rings. The minimum Gasteiger partial charge on any atom is -0.374 e. The molecule has 0 saturated heterocycles. The average Bonchev–Trinajstić information content (AvgIpc) is 2.42. The molecule has 2 heteroatoms. The summed E-state index contributed by atoms with van der Waals surface area (Å²) >= 11 is 0. The lowest BCUT2D eigenvalue weighted by Crippen LogP contribution is -2.26. The smallest absolute Gasteiger partial charge is 0.0721 e. The van der Waals surface area contributed by atoms with Gasteiger partial charge in [-0.3, -0.25) is 0 Å². The number of rotatable bonds is 3. The zero-order chi connectivity index (χ0) is 14.4. The number of benzene rings is 1. The Morgan fingerprint density at radius 3 is 2.65 bits per heavy atom. The fraction of sp³-hybridized carbons (Fsp3) is 0.556. The monoisotopic (exact) mass is 271 g/mol. The summed E-state index contributed by atoms with van der Waals surface area (Å²) in [6.45, 7) is 5.74. The second-order valence-corrected chi connectivity index (χ2v) is 6.06. The summed E-state index contributed by atoms with van der Waals surface area (Å²) in [7, 11) is 0. The summed E-state index contributed by atoms with van der Waals surface area (Å²) in [4.78, 5) is 0. The highest BCUT2D eigenvalue weighted by Gasteiger charge is 2.24. The maximum Gasteiger partial charge on any atom is 0.0721 e. The van der Waals surface area contributed by atoms with Gasteiger partial charge in [-0.2, -0.15) is 0 Å². The molecule has 0 radical (unpaired) electrons. The van der Waals surface area contributed by atoms with E-state index in [0.717, 1.165) is 17.4 Å². The molecule has 1 saturated carbocycles. The molecule has 0 aliphatic heterocycles. The molecule has 0 amide bonds. The normalized spacial score (nSPS) is 25.9. The van der Waals surface area contributed by atoms with E-state index in [1.54, 1.807) is 0 Å². The first kappa shape index (κ1) is 15.1. The third-order valence-electron chi connectivity index (χ3n) is 3.88. The van der Waals surface area contributed by atoms with Gasteiger partial charge in [-0.15, -0.1) is 0 Å². The second kappa shape index (κ2) is 7.47. The van der Waals surface area contributed by atoms with Crippen molar-refractivity contribution >= 4 is 0 Å².